The summed E-state index contributed by atoms with van der Waals surface area (Å²) in [5.74, 6) is 0. The minimum absolute atomic E-state index is 0.512. The Morgan fingerprint density at radius 2 is 1.64 bits per heavy atom. The zero-order valence-electron chi connectivity index (χ0n) is 8.20. The molecule has 0 spiro atoms. The van der Waals surface area contributed by atoms with Crippen LogP contribution in [-0.4, -0.2) is 9.97 Å². The first-order valence-electron chi connectivity index (χ1n) is 4.38. The number of nitrogens with zero attached hydrogens (tertiary/aromatic N) is 2. The fourth-order valence-corrected chi connectivity index (χ4v) is 1.33. The molecule has 0 aliphatic carbocycles. The molecule has 0 unspecified atom stereocenters. The molecule has 1 heterocycles. The van der Waals surface area contributed by atoms with Gasteiger partial charge in [0.2, 0.25) is 0 Å². The highest BCUT2D eigenvalue weighted by Crippen LogP contribution is 2.24. The van der Waals surface area contributed by atoms with Crippen LogP contribution in [0.15, 0.2) is 12.1 Å². The number of rotatable bonds is 0. The second-order valence-corrected chi connectivity index (χ2v) is 3.33. The van der Waals surface area contributed by atoms with Crippen molar-refractivity contribution in [3.63, 3.8) is 0 Å². The average Bonchev–Trinajstić information content (AvgIpc) is 2.15. The van der Waals surface area contributed by atoms with E-state index in [4.69, 9.17) is 11.5 Å². The van der Waals surface area contributed by atoms with Crippen LogP contribution in [0.5, 0.6) is 0 Å². The lowest BCUT2D eigenvalue weighted by Crippen LogP contribution is -2.00. The highest BCUT2D eigenvalue weighted by atomic mass is 14.8. The van der Waals surface area contributed by atoms with Crippen LogP contribution in [0, 0.1) is 13.8 Å². The summed E-state index contributed by atoms with van der Waals surface area (Å²) >= 11 is 0. The van der Waals surface area contributed by atoms with Crippen molar-refractivity contribution in [2.75, 3.05) is 11.5 Å². The molecule has 2 aromatic rings. The lowest BCUT2D eigenvalue weighted by molar-refractivity contribution is 1.10. The number of aryl methyl sites for hydroxylation is 2. The summed E-state index contributed by atoms with van der Waals surface area (Å²) in [6.45, 7) is 3.83. The Morgan fingerprint density at radius 1 is 1.00 bits per heavy atom. The Bertz CT molecular complexity index is 505. The van der Waals surface area contributed by atoms with Crippen LogP contribution in [0.25, 0.3) is 11.0 Å². The molecule has 14 heavy (non-hydrogen) atoms. The van der Waals surface area contributed by atoms with Crippen LogP contribution >= 0.6 is 0 Å². The van der Waals surface area contributed by atoms with Crippen molar-refractivity contribution in [3.8, 4) is 0 Å². The SMILES string of the molecule is Cc1nc2ccc(N)c(N)c2nc1C. The molecule has 0 amide bonds. The lowest BCUT2D eigenvalue weighted by atomic mass is 10.2. The Kier molecular flexibility index (Phi) is 1.77. The van der Waals surface area contributed by atoms with Crippen LogP contribution < -0.4 is 11.5 Å². The van der Waals surface area contributed by atoms with Gasteiger partial charge in [0.25, 0.3) is 0 Å². The van der Waals surface area contributed by atoms with E-state index >= 15 is 0 Å². The van der Waals surface area contributed by atoms with Gasteiger partial charge in [-0.15, -0.1) is 0 Å². The normalized spacial score (nSPS) is 10.7. The molecule has 0 saturated carbocycles. The van der Waals surface area contributed by atoms with Crippen LogP contribution in [0.3, 0.4) is 0 Å². The van der Waals surface area contributed by atoms with Gasteiger partial charge in [-0.2, -0.15) is 0 Å². The topological polar surface area (TPSA) is 77.8 Å². The van der Waals surface area contributed by atoms with E-state index in [1.807, 2.05) is 19.9 Å². The van der Waals surface area contributed by atoms with Crippen molar-refractivity contribution >= 4 is 22.4 Å². The van der Waals surface area contributed by atoms with Gasteiger partial charge in [0.1, 0.15) is 5.52 Å². The molecule has 0 radical (unpaired) electrons. The third-order valence-corrected chi connectivity index (χ3v) is 2.32. The molecule has 72 valence electrons. The number of hydrogen-bond donors (Lipinski definition) is 2. The molecule has 0 aliphatic rings. The fraction of sp³-hybridized carbons (Fsp3) is 0.200. The Labute approximate surface area is 82.0 Å². The number of anilines is 2. The first kappa shape index (κ1) is 8.74. The van der Waals surface area contributed by atoms with Crippen molar-refractivity contribution in [2.45, 2.75) is 13.8 Å². The number of nitrogen functional groups attached to an aromatic ring is 2. The number of aromatic nitrogens is 2. The highest BCUT2D eigenvalue weighted by Gasteiger charge is 2.06. The largest absolute Gasteiger partial charge is 0.397 e. The van der Waals surface area contributed by atoms with E-state index in [1.54, 1.807) is 6.07 Å². The predicted molar refractivity (Wildman–Crippen MR) is 57.8 cm³/mol. The third-order valence-electron chi connectivity index (χ3n) is 2.32. The summed E-state index contributed by atoms with van der Waals surface area (Å²) in [4.78, 5) is 8.75. The van der Waals surface area contributed by atoms with Crippen LogP contribution in [-0.2, 0) is 0 Å². The van der Waals surface area contributed by atoms with Crippen LogP contribution in [0.4, 0.5) is 11.4 Å². The first-order valence-corrected chi connectivity index (χ1v) is 4.38. The quantitative estimate of drug-likeness (QED) is 0.613. The number of hydrogen-bond acceptors (Lipinski definition) is 4. The van der Waals surface area contributed by atoms with E-state index in [0.717, 1.165) is 16.9 Å². The predicted octanol–water partition coefficient (Wildman–Crippen LogP) is 1.41. The van der Waals surface area contributed by atoms with Gasteiger partial charge in [-0.05, 0) is 26.0 Å². The van der Waals surface area contributed by atoms with E-state index in [9.17, 15) is 0 Å². The molecular formula is C10H12N4. The second kappa shape index (κ2) is 2.83. The van der Waals surface area contributed by atoms with E-state index in [1.165, 1.54) is 0 Å². The van der Waals surface area contributed by atoms with E-state index in [0.29, 0.717) is 16.9 Å². The molecule has 0 aliphatic heterocycles. The molecule has 0 fully saturated rings. The zero-order chi connectivity index (χ0) is 10.3. The summed E-state index contributed by atoms with van der Waals surface area (Å²) in [6.07, 6.45) is 0. The molecule has 4 N–H and O–H groups in total. The van der Waals surface area contributed by atoms with Gasteiger partial charge in [-0.25, -0.2) is 9.97 Å². The Balaban J connectivity index is 2.89. The van der Waals surface area contributed by atoms with Gasteiger partial charge in [-0.1, -0.05) is 0 Å². The highest BCUT2D eigenvalue weighted by molar-refractivity contribution is 5.93. The maximum absolute atomic E-state index is 5.81. The number of benzene rings is 1. The van der Waals surface area contributed by atoms with Crippen molar-refractivity contribution in [1.29, 1.82) is 0 Å². The van der Waals surface area contributed by atoms with Crippen molar-refractivity contribution < 1.29 is 0 Å². The van der Waals surface area contributed by atoms with Crippen LogP contribution in [0.2, 0.25) is 0 Å². The molecular weight excluding hydrogens is 176 g/mol. The monoisotopic (exact) mass is 188 g/mol. The average molecular weight is 188 g/mol. The molecule has 0 atom stereocenters. The van der Waals surface area contributed by atoms with Gasteiger partial charge in [0.05, 0.1) is 28.3 Å². The van der Waals surface area contributed by atoms with Crippen molar-refractivity contribution in [2.24, 2.45) is 0 Å². The van der Waals surface area contributed by atoms with Gasteiger partial charge in [0, 0.05) is 0 Å². The standard InChI is InChI=1S/C10H12N4/c1-5-6(2)14-10-8(13-5)4-3-7(11)9(10)12/h3-4H,11-12H2,1-2H3. The number of nitrogens with two attached hydrogens (primary N) is 2. The molecule has 0 saturated heterocycles. The first-order chi connectivity index (χ1) is 6.59. The zero-order valence-corrected chi connectivity index (χ0v) is 8.20. The lowest BCUT2D eigenvalue weighted by Gasteiger charge is -2.06. The van der Waals surface area contributed by atoms with Gasteiger partial charge in [-0.3, -0.25) is 0 Å². The second-order valence-electron chi connectivity index (χ2n) is 3.33. The smallest absolute Gasteiger partial charge is 0.114 e. The molecule has 4 heteroatoms. The van der Waals surface area contributed by atoms with E-state index < -0.39 is 0 Å². The summed E-state index contributed by atoms with van der Waals surface area (Å²) in [5.41, 5.74) is 15.8. The van der Waals surface area contributed by atoms with Gasteiger partial charge in [0.15, 0.2) is 0 Å². The molecule has 1 aromatic heterocycles. The van der Waals surface area contributed by atoms with Gasteiger partial charge < -0.3 is 11.5 Å². The summed E-state index contributed by atoms with van der Waals surface area (Å²) in [6, 6.07) is 3.58. The van der Waals surface area contributed by atoms with E-state index in [-0.39, 0.29) is 0 Å². The minimum Gasteiger partial charge on any atom is -0.397 e. The minimum atomic E-state index is 0.512. The molecule has 4 nitrogen and oxygen atoms in total. The maximum Gasteiger partial charge on any atom is 0.114 e. The Morgan fingerprint density at radius 3 is 2.36 bits per heavy atom. The van der Waals surface area contributed by atoms with Crippen LogP contribution in [0.1, 0.15) is 11.4 Å². The summed E-state index contributed by atoms with van der Waals surface area (Å²) in [7, 11) is 0. The maximum atomic E-state index is 5.81. The molecule has 0 bridgehead atoms. The summed E-state index contributed by atoms with van der Waals surface area (Å²) < 4.78 is 0. The van der Waals surface area contributed by atoms with Gasteiger partial charge >= 0.3 is 0 Å². The molecule has 2 rings (SSSR count). The molecule has 1 aromatic carbocycles. The van der Waals surface area contributed by atoms with Crippen molar-refractivity contribution in [1.82, 2.24) is 9.97 Å². The summed E-state index contributed by atoms with van der Waals surface area (Å²) in [5, 5.41) is 0. The fourth-order valence-electron chi connectivity index (χ4n) is 1.33. The Hall–Kier alpha value is -1.84. The van der Waals surface area contributed by atoms with Crippen molar-refractivity contribution in [3.05, 3.63) is 23.5 Å². The number of fused-ring (bicyclic) bond motifs is 1. The third kappa shape index (κ3) is 1.16. The van der Waals surface area contributed by atoms with E-state index in [2.05, 4.69) is 9.97 Å².